The molecular formula is C6H10N2OS. The molecule has 2 rings (SSSR count). The van der Waals surface area contributed by atoms with Crippen LogP contribution >= 0.6 is 11.8 Å². The summed E-state index contributed by atoms with van der Waals surface area (Å²) >= 11 is 1.92. The molecule has 10 heavy (non-hydrogen) atoms. The monoisotopic (exact) mass is 158 g/mol. The molecule has 1 N–H and O–H groups in total. The second kappa shape index (κ2) is 2.80. The van der Waals surface area contributed by atoms with Crippen LogP contribution in [0.25, 0.3) is 0 Å². The van der Waals surface area contributed by atoms with Gasteiger partial charge in [0.2, 0.25) is 0 Å². The first-order valence-corrected chi connectivity index (χ1v) is 4.55. The summed E-state index contributed by atoms with van der Waals surface area (Å²) in [6, 6.07) is 0. The lowest BCUT2D eigenvalue weighted by atomic mass is 10.3. The van der Waals surface area contributed by atoms with Crippen molar-refractivity contribution in [2.45, 2.75) is 11.8 Å². The van der Waals surface area contributed by atoms with Crippen LogP contribution in [0, 0.1) is 0 Å². The van der Waals surface area contributed by atoms with Crippen LogP contribution in [-0.4, -0.2) is 30.0 Å². The van der Waals surface area contributed by atoms with E-state index in [-0.39, 0.29) is 0 Å². The third-order valence-corrected chi connectivity index (χ3v) is 2.86. The molecule has 56 valence electrons. The molecule has 1 saturated heterocycles. The molecule has 0 spiro atoms. The zero-order valence-corrected chi connectivity index (χ0v) is 6.49. The molecule has 1 atom stereocenters. The van der Waals surface area contributed by atoms with Gasteiger partial charge in [0.15, 0.2) is 0 Å². The molecule has 2 aliphatic heterocycles. The summed E-state index contributed by atoms with van der Waals surface area (Å²) in [6.45, 7) is 1.88. The lowest BCUT2D eigenvalue weighted by Crippen LogP contribution is -2.27. The first-order valence-electron chi connectivity index (χ1n) is 3.50. The summed E-state index contributed by atoms with van der Waals surface area (Å²) in [4.78, 5) is 4.90. The van der Waals surface area contributed by atoms with Crippen molar-refractivity contribution in [1.29, 1.82) is 0 Å². The molecule has 4 heteroatoms. The molecular weight excluding hydrogens is 148 g/mol. The van der Waals surface area contributed by atoms with Crippen molar-refractivity contribution in [1.82, 2.24) is 5.32 Å². The van der Waals surface area contributed by atoms with E-state index < -0.39 is 0 Å². The third kappa shape index (κ3) is 1.13. The van der Waals surface area contributed by atoms with Gasteiger partial charge in [0.25, 0.3) is 0 Å². The van der Waals surface area contributed by atoms with Gasteiger partial charge in [-0.25, -0.2) is 0 Å². The molecule has 1 fully saturated rings. The quantitative estimate of drug-likeness (QED) is 0.600. The summed E-state index contributed by atoms with van der Waals surface area (Å²) in [5.74, 6) is 1.20. The Hall–Kier alpha value is -0.220. The highest BCUT2D eigenvalue weighted by Crippen LogP contribution is 2.19. The van der Waals surface area contributed by atoms with E-state index in [1.807, 2.05) is 11.8 Å². The largest absolute Gasteiger partial charge is 0.395 e. The Morgan fingerprint density at radius 2 is 2.70 bits per heavy atom. The second-order valence-corrected chi connectivity index (χ2v) is 3.58. The lowest BCUT2D eigenvalue weighted by Gasteiger charge is -2.04. The minimum atomic E-state index is 0.447. The van der Waals surface area contributed by atoms with Crippen molar-refractivity contribution in [2.75, 3.05) is 18.9 Å². The summed E-state index contributed by atoms with van der Waals surface area (Å²) < 4.78 is 0. The molecule has 0 bridgehead atoms. The molecule has 2 heterocycles. The van der Waals surface area contributed by atoms with Gasteiger partial charge in [0, 0.05) is 18.7 Å². The van der Waals surface area contributed by atoms with Crippen LogP contribution in [0.4, 0.5) is 0 Å². The summed E-state index contributed by atoms with van der Waals surface area (Å²) in [6.07, 6.45) is 1.00. The number of oxime groups is 1. The number of hydrogen-bond acceptors (Lipinski definition) is 4. The lowest BCUT2D eigenvalue weighted by molar-refractivity contribution is 0.173. The number of hydrogen-bond donors (Lipinski definition) is 1. The van der Waals surface area contributed by atoms with Crippen LogP contribution in [-0.2, 0) is 4.84 Å². The number of thioether (sulfide) groups is 1. The van der Waals surface area contributed by atoms with Crippen molar-refractivity contribution in [3.63, 3.8) is 0 Å². The fourth-order valence-electron chi connectivity index (χ4n) is 1.14. The summed E-state index contributed by atoms with van der Waals surface area (Å²) in [5.41, 5.74) is 1.18. The molecule has 0 radical (unpaired) electrons. The highest BCUT2D eigenvalue weighted by Gasteiger charge is 2.23. The van der Waals surface area contributed by atoms with Crippen LogP contribution in [0.2, 0.25) is 0 Å². The van der Waals surface area contributed by atoms with E-state index in [1.54, 1.807) is 0 Å². The van der Waals surface area contributed by atoms with Crippen LogP contribution in [0.5, 0.6) is 0 Å². The number of rotatable bonds is 1. The molecule has 1 unspecified atom stereocenters. The fraction of sp³-hybridized carbons (Fsp3) is 0.833. The SMILES string of the molecule is C1CSC(C2=NOCC2)N1. The number of nitrogens with zero attached hydrogens (tertiary/aromatic N) is 1. The van der Waals surface area contributed by atoms with E-state index in [0.717, 1.165) is 19.6 Å². The minimum Gasteiger partial charge on any atom is -0.395 e. The van der Waals surface area contributed by atoms with E-state index >= 15 is 0 Å². The van der Waals surface area contributed by atoms with Crippen LogP contribution in [0.15, 0.2) is 5.16 Å². The van der Waals surface area contributed by atoms with Crippen molar-refractivity contribution in [2.24, 2.45) is 5.16 Å². The van der Waals surface area contributed by atoms with E-state index in [2.05, 4.69) is 10.5 Å². The first kappa shape index (κ1) is 6.49. The molecule has 0 aromatic rings. The van der Waals surface area contributed by atoms with Gasteiger partial charge in [0.1, 0.15) is 6.61 Å². The molecule has 0 aromatic heterocycles. The van der Waals surface area contributed by atoms with E-state index in [4.69, 9.17) is 4.84 Å². The average Bonchev–Trinajstić information content (AvgIpc) is 2.59. The van der Waals surface area contributed by atoms with Crippen LogP contribution < -0.4 is 5.32 Å². The predicted octanol–water partition coefficient (Wildman–Crippen LogP) is 0.425. The Labute approximate surface area is 64.2 Å². The zero-order valence-electron chi connectivity index (χ0n) is 5.67. The Kier molecular flexibility index (Phi) is 1.82. The molecule has 3 nitrogen and oxygen atoms in total. The van der Waals surface area contributed by atoms with Gasteiger partial charge in [-0.05, 0) is 0 Å². The maximum atomic E-state index is 4.90. The van der Waals surface area contributed by atoms with E-state index in [0.29, 0.717) is 5.37 Å². The molecule has 0 amide bonds. The smallest absolute Gasteiger partial charge is 0.122 e. The third-order valence-electron chi connectivity index (χ3n) is 1.65. The Balaban J connectivity index is 1.97. The predicted molar refractivity (Wildman–Crippen MR) is 42.3 cm³/mol. The Morgan fingerprint density at radius 3 is 3.30 bits per heavy atom. The molecule has 2 aliphatic rings. The van der Waals surface area contributed by atoms with Gasteiger partial charge in [-0.1, -0.05) is 5.16 Å². The van der Waals surface area contributed by atoms with Gasteiger partial charge in [-0.3, -0.25) is 5.32 Å². The van der Waals surface area contributed by atoms with Gasteiger partial charge < -0.3 is 4.84 Å². The maximum Gasteiger partial charge on any atom is 0.122 e. The minimum absolute atomic E-state index is 0.447. The van der Waals surface area contributed by atoms with Crippen molar-refractivity contribution < 1.29 is 4.84 Å². The first-order chi connectivity index (χ1) is 4.97. The maximum absolute atomic E-state index is 4.90. The molecule has 0 aromatic carbocycles. The number of nitrogens with one attached hydrogen (secondary N) is 1. The van der Waals surface area contributed by atoms with E-state index in [1.165, 1.54) is 11.5 Å². The second-order valence-electron chi connectivity index (χ2n) is 2.37. The Morgan fingerprint density at radius 1 is 1.70 bits per heavy atom. The van der Waals surface area contributed by atoms with E-state index in [9.17, 15) is 0 Å². The highest BCUT2D eigenvalue weighted by atomic mass is 32.2. The fourth-order valence-corrected chi connectivity index (χ4v) is 2.20. The summed E-state index contributed by atoms with van der Waals surface area (Å²) in [5, 5.41) is 7.75. The van der Waals surface area contributed by atoms with Gasteiger partial charge in [-0.2, -0.15) is 0 Å². The normalized spacial score (nSPS) is 32.0. The van der Waals surface area contributed by atoms with Gasteiger partial charge in [-0.15, -0.1) is 11.8 Å². The van der Waals surface area contributed by atoms with Crippen molar-refractivity contribution >= 4 is 17.5 Å². The van der Waals surface area contributed by atoms with Crippen molar-refractivity contribution in [3.05, 3.63) is 0 Å². The zero-order chi connectivity index (χ0) is 6.81. The average molecular weight is 158 g/mol. The molecule has 0 saturated carbocycles. The van der Waals surface area contributed by atoms with Gasteiger partial charge in [0.05, 0.1) is 11.1 Å². The van der Waals surface area contributed by atoms with Crippen molar-refractivity contribution in [3.8, 4) is 0 Å². The van der Waals surface area contributed by atoms with Crippen LogP contribution in [0.3, 0.4) is 0 Å². The van der Waals surface area contributed by atoms with Crippen LogP contribution in [0.1, 0.15) is 6.42 Å². The summed E-state index contributed by atoms with van der Waals surface area (Å²) in [7, 11) is 0. The Bertz CT molecular complexity index is 154. The van der Waals surface area contributed by atoms with Gasteiger partial charge >= 0.3 is 0 Å². The topological polar surface area (TPSA) is 33.6 Å². The standard InChI is InChI=1S/C6H10N2OS/c1-3-9-8-5(1)6-7-2-4-10-6/h6-7H,1-4H2. The highest BCUT2D eigenvalue weighted by molar-refractivity contribution is 8.00. The molecule has 0 aliphatic carbocycles.